The number of ether oxygens (including phenoxy) is 1. The third-order valence-electron chi connectivity index (χ3n) is 4.06. The molecular formula is C21H18N4O2. The van der Waals surface area contributed by atoms with Crippen LogP contribution in [0.3, 0.4) is 0 Å². The van der Waals surface area contributed by atoms with E-state index in [9.17, 15) is 5.11 Å². The molecule has 1 heterocycles. The Morgan fingerprint density at radius 2 is 1.63 bits per heavy atom. The van der Waals surface area contributed by atoms with Crippen LogP contribution < -0.4 is 15.4 Å². The lowest BCUT2D eigenvalue weighted by atomic mass is 10.2. The second-order valence-corrected chi connectivity index (χ2v) is 5.94. The van der Waals surface area contributed by atoms with Crippen LogP contribution in [0.5, 0.6) is 11.5 Å². The molecule has 0 aliphatic heterocycles. The second-order valence-electron chi connectivity index (χ2n) is 5.94. The molecule has 0 aliphatic carbocycles. The fourth-order valence-electron chi connectivity index (χ4n) is 2.74. The predicted molar refractivity (Wildman–Crippen MR) is 107 cm³/mol. The molecule has 27 heavy (non-hydrogen) atoms. The van der Waals surface area contributed by atoms with Gasteiger partial charge in [0.1, 0.15) is 17.3 Å². The lowest BCUT2D eigenvalue weighted by Crippen LogP contribution is -2.02. The van der Waals surface area contributed by atoms with Crippen molar-refractivity contribution < 1.29 is 9.84 Å². The van der Waals surface area contributed by atoms with Crippen LogP contribution in [0.1, 0.15) is 0 Å². The van der Waals surface area contributed by atoms with Gasteiger partial charge in [-0.15, -0.1) is 0 Å². The van der Waals surface area contributed by atoms with E-state index in [2.05, 4.69) is 20.6 Å². The lowest BCUT2D eigenvalue weighted by molar-refractivity contribution is 0.415. The Morgan fingerprint density at radius 3 is 2.44 bits per heavy atom. The van der Waals surface area contributed by atoms with Gasteiger partial charge in [0.05, 0.1) is 12.6 Å². The van der Waals surface area contributed by atoms with Gasteiger partial charge in [0, 0.05) is 22.8 Å². The minimum Gasteiger partial charge on any atom is -0.508 e. The topological polar surface area (TPSA) is 79.3 Å². The van der Waals surface area contributed by atoms with Crippen LogP contribution in [-0.2, 0) is 0 Å². The molecule has 0 bridgehead atoms. The van der Waals surface area contributed by atoms with Crippen molar-refractivity contribution in [3.05, 3.63) is 72.8 Å². The number of nitrogens with one attached hydrogen (secondary N) is 2. The molecule has 0 saturated heterocycles. The lowest BCUT2D eigenvalue weighted by Gasteiger charge is -2.12. The molecule has 134 valence electrons. The molecular weight excluding hydrogens is 340 g/mol. The summed E-state index contributed by atoms with van der Waals surface area (Å²) >= 11 is 0. The Balaban J connectivity index is 1.72. The van der Waals surface area contributed by atoms with E-state index in [-0.39, 0.29) is 5.75 Å². The number of methoxy groups -OCH3 is 1. The van der Waals surface area contributed by atoms with E-state index >= 15 is 0 Å². The Kier molecular flexibility index (Phi) is 4.45. The van der Waals surface area contributed by atoms with Crippen LogP contribution in [0.15, 0.2) is 72.8 Å². The number of hydrogen-bond acceptors (Lipinski definition) is 6. The van der Waals surface area contributed by atoms with Crippen molar-refractivity contribution in [2.45, 2.75) is 0 Å². The van der Waals surface area contributed by atoms with Crippen molar-refractivity contribution >= 4 is 34.0 Å². The van der Waals surface area contributed by atoms with Crippen LogP contribution in [0, 0.1) is 0 Å². The summed E-state index contributed by atoms with van der Waals surface area (Å²) in [6.45, 7) is 0. The molecule has 1 aromatic heterocycles. The highest BCUT2D eigenvalue weighted by molar-refractivity contribution is 5.92. The van der Waals surface area contributed by atoms with Crippen LogP contribution in [0.4, 0.5) is 23.1 Å². The van der Waals surface area contributed by atoms with Gasteiger partial charge in [0.15, 0.2) is 0 Å². The monoisotopic (exact) mass is 358 g/mol. The number of aromatic nitrogens is 2. The van der Waals surface area contributed by atoms with E-state index in [0.717, 1.165) is 28.0 Å². The molecule has 3 aromatic carbocycles. The van der Waals surface area contributed by atoms with Crippen molar-refractivity contribution in [2.75, 3.05) is 17.7 Å². The molecule has 0 atom stereocenters. The van der Waals surface area contributed by atoms with Crippen molar-refractivity contribution in [1.82, 2.24) is 9.97 Å². The average molecular weight is 358 g/mol. The summed E-state index contributed by atoms with van der Waals surface area (Å²) < 4.78 is 5.29. The van der Waals surface area contributed by atoms with Crippen molar-refractivity contribution in [2.24, 2.45) is 0 Å². The van der Waals surface area contributed by atoms with Crippen LogP contribution in [0.25, 0.3) is 10.9 Å². The highest BCUT2D eigenvalue weighted by atomic mass is 16.5. The highest BCUT2D eigenvalue weighted by Gasteiger charge is 2.09. The molecule has 0 amide bonds. The van der Waals surface area contributed by atoms with Crippen molar-refractivity contribution in [3.63, 3.8) is 0 Å². The number of anilines is 4. The summed E-state index contributed by atoms with van der Waals surface area (Å²) in [5.41, 5.74) is 2.48. The summed E-state index contributed by atoms with van der Waals surface area (Å²) in [4.78, 5) is 9.21. The van der Waals surface area contributed by atoms with Gasteiger partial charge in [-0.2, -0.15) is 4.98 Å². The number of fused-ring (bicyclic) bond motifs is 1. The number of benzene rings is 3. The maximum Gasteiger partial charge on any atom is 0.229 e. The van der Waals surface area contributed by atoms with Crippen LogP contribution in [-0.4, -0.2) is 22.2 Å². The maximum absolute atomic E-state index is 9.44. The molecule has 0 radical (unpaired) electrons. The first-order valence-electron chi connectivity index (χ1n) is 8.45. The van der Waals surface area contributed by atoms with Gasteiger partial charge < -0.3 is 20.5 Å². The standard InChI is InChI=1S/C21H18N4O2/c1-27-17-6-4-5-15(13-17)22-20-18-7-2-3-8-19(18)24-21(25-20)23-14-9-11-16(26)12-10-14/h2-13,26H,1H3,(H2,22,23,24,25). The number of aromatic hydroxyl groups is 1. The normalized spacial score (nSPS) is 10.6. The van der Waals surface area contributed by atoms with Gasteiger partial charge in [-0.1, -0.05) is 18.2 Å². The Labute approximate surface area is 156 Å². The molecule has 3 N–H and O–H groups in total. The number of rotatable bonds is 5. The first kappa shape index (κ1) is 16.7. The highest BCUT2D eigenvalue weighted by Crippen LogP contribution is 2.28. The van der Waals surface area contributed by atoms with E-state index < -0.39 is 0 Å². The smallest absolute Gasteiger partial charge is 0.229 e. The van der Waals surface area contributed by atoms with Crippen LogP contribution in [0.2, 0.25) is 0 Å². The van der Waals surface area contributed by atoms with E-state index in [1.165, 1.54) is 0 Å². The van der Waals surface area contributed by atoms with Gasteiger partial charge in [-0.05, 0) is 48.5 Å². The van der Waals surface area contributed by atoms with Crippen molar-refractivity contribution in [1.29, 1.82) is 0 Å². The largest absolute Gasteiger partial charge is 0.508 e. The molecule has 0 saturated carbocycles. The van der Waals surface area contributed by atoms with Gasteiger partial charge in [0.2, 0.25) is 5.95 Å². The summed E-state index contributed by atoms with van der Waals surface area (Å²) in [7, 11) is 1.64. The number of para-hydroxylation sites is 1. The summed E-state index contributed by atoms with van der Waals surface area (Å²) in [6.07, 6.45) is 0. The quantitative estimate of drug-likeness (QED) is 0.443. The van der Waals surface area contributed by atoms with Crippen molar-refractivity contribution in [3.8, 4) is 11.5 Å². The Morgan fingerprint density at radius 1 is 0.815 bits per heavy atom. The second kappa shape index (κ2) is 7.21. The zero-order chi connectivity index (χ0) is 18.6. The third kappa shape index (κ3) is 3.74. The third-order valence-corrected chi connectivity index (χ3v) is 4.06. The van der Waals surface area contributed by atoms with E-state index in [0.29, 0.717) is 11.8 Å². The molecule has 6 heteroatoms. The number of phenols is 1. The number of nitrogens with zero attached hydrogens (tertiary/aromatic N) is 2. The zero-order valence-corrected chi connectivity index (χ0v) is 14.7. The molecule has 0 spiro atoms. The molecule has 0 unspecified atom stereocenters. The molecule has 0 aliphatic rings. The first-order chi connectivity index (χ1) is 13.2. The van der Waals surface area contributed by atoms with E-state index in [1.54, 1.807) is 31.4 Å². The van der Waals surface area contributed by atoms with Crippen LogP contribution >= 0.6 is 0 Å². The average Bonchev–Trinajstić information content (AvgIpc) is 2.70. The summed E-state index contributed by atoms with van der Waals surface area (Å²) in [5.74, 6) is 2.13. The van der Waals surface area contributed by atoms with Gasteiger partial charge in [-0.3, -0.25) is 0 Å². The first-order valence-corrected chi connectivity index (χ1v) is 8.45. The zero-order valence-electron chi connectivity index (χ0n) is 14.7. The fourth-order valence-corrected chi connectivity index (χ4v) is 2.74. The molecule has 0 fully saturated rings. The minimum atomic E-state index is 0.209. The van der Waals surface area contributed by atoms with Gasteiger partial charge in [-0.25, -0.2) is 4.98 Å². The minimum absolute atomic E-state index is 0.209. The fraction of sp³-hybridized carbons (Fsp3) is 0.0476. The van der Waals surface area contributed by atoms with E-state index in [1.807, 2.05) is 48.5 Å². The van der Waals surface area contributed by atoms with Gasteiger partial charge >= 0.3 is 0 Å². The SMILES string of the molecule is COc1cccc(Nc2nc(Nc3ccc(O)cc3)nc3ccccc23)c1. The predicted octanol–water partition coefficient (Wildman–Crippen LogP) is 4.83. The maximum atomic E-state index is 9.44. The Hall–Kier alpha value is -3.80. The summed E-state index contributed by atoms with van der Waals surface area (Å²) in [5, 5.41) is 16.9. The molecule has 4 rings (SSSR count). The molecule has 6 nitrogen and oxygen atoms in total. The number of phenolic OH excluding ortho intramolecular Hbond substituents is 1. The number of hydrogen-bond donors (Lipinski definition) is 3. The Bertz CT molecular complexity index is 1080. The van der Waals surface area contributed by atoms with Gasteiger partial charge in [0.25, 0.3) is 0 Å². The van der Waals surface area contributed by atoms with E-state index in [4.69, 9.17) is 4.74 Å². The summed E-state index contributed by atoms with van der Waals surface area (Å²) in [6, 6.07) is 22.2. The molecule has 4 aromatic rings.